The van der Waals surface area contributed by atoms with Gasteiger partial charge in [0, 0.05) is 19.6 Å². The number of carbonyl (C=O) groups excluding carboxylic acids is 1. The quantitative estimate of drug-likeness (QED) is 0.631. The molecular weight excluding hydrogens is 434 g/mol. The number of aromatic nitrogens is 2. The number of nitrogens with one attached hydrogen (secondary N) is 1. The second-order valence-corrected chi connectivity index (χ2v) is 10.9. The lowest BCUT2D eigenvalue weighted by Gasteiger charge is -2.31. The number of amides is 1. The number of fused-ring (bicyclic) bond motifs is 1. The van der Waals surface area contributed by atoms with Gasteiger partial charge < -0.3 is 10.2 Å². The second-order valence-electron chi connectivity index (χ2n) is 8.49. The Morgan fingerprint density at radius 2 is 1.90 bits per heavy atom. The van der Waals surface area contributed by atoms with E-state index in [0.717, 1.165) is 37.8 Å². The van der Waals surface area contributed by atoms with E-state index in [1.807, 2.05) is 0 Å². The van der Waals surface area contributed by atoms with Crippen LogP contribution >= 0.6 is 11.7 Å². The normalized spacial score (nSPS) is 21.7. The van der Waals surface area contributed by atoms with Crippen LogP contribution in [0.2, 0.25) is 0 Å². The molecule has 10 heteroatoms. The van der Waals surface area contributed by atoms with Crippen molar-refractivity contribution in [2.45, 2.75) is 49.8 Å². The number of hydrogen-bond donors (Lipinski definition) is 1. The minimum absolute atomic E-state index is 0.0377. The van der Waals surface area contributed by atoms with Crippen LogP contribution in [0.1, 0.15) is 44.9 Å². The highest BCUT2D eigenvalue weighted by Gasteiger charge is 2.34. The lowest BCUT2D eigenvalue weighted by molar-refractivity contribution is -0.126. The molecule has 0 bridgehead atoms. The van der Waals surface area contributed by atoms with Gasteiger partial charge in [-0.2, -0.15) is 13.1 Å². The van der Waals surface area contributed by atoms with Crippen LogP contribution in [0.4, 0.5) is 0 Å². The Labute approximate surface area is 188 Å². The summed E-state index contributed by atoms with van der Waals surface area (Å²) in [5.74, 6) is -0.348. The molecule has 0 saturated carbocycles. The van der Waals surface area contributed by atoms with Crippen molar-refractivity contribution in [2.75, 3.05) is 39.3 Å². The summed E-state index contributed by atoms with van der Waals surface area (Å²) >= 11 is 1.01. The molecule has 1 amide bonds. The monoisotopic (exact) mass is 465 g/mol. The predicted molar refractivity (Wildman–Crippen MR) is 121 cm³/mol. The van der Waals surface area contributed by atoms with E-state index in [0.29, 0.717) is 37.0 Å². The molecule has 1 N–H and O–H groups in total. The van der Waals surface area contributed by atoms with Crippen LogP contribution in [-0.2, 0) is 14.8 Å². The molecule has 0 unspecified atom stereocenters. The van der Waals surface area contributed by atoms with E-state index in [1.54, 1.807) is 18.2 Å². The van der Waals surface area contributed by atoms with Gasteiger partial charge >= 0.3 is 0 Å². The third kappa shape index (κ3) is 5.42. The molecule has 0 radical (unpaired) electrons. The summed E-state index contributed by atoms with van der Waals surface area (Å²) in [5, 5.41) is 3.04. The minimum Gasteiger partial charge on any atom is -0.356 e. The van der Waals surface area contributed by atoms with Crippen molar-refractivity contribution in [3.63, 3.8) is 0 Å². The summed E-state index contributed by atoms with van der Waals surface area (Å²) in [6, 6.07) is 5.02. The van der Waals surface area contributed by atoms with E-state index in [9.17, 15) is 13.2 Å². The Kier molecular flexibility index (Phi) is 7.52. The van der Waals surface area contributed by atoms with E-state index in [1.165, 1.54) is 30.0 Å². The number of benzene rings is 1. The maximum absolute atomic E-state index is 13.3. The van der Waals surface area contributed by atoms with Crippen LogP contribution in [0.3, 0.4) is 0 Å². The Hall–Kier alpha value is -1.62. The molecule has 31 heavy (non-hydrogen) atoms. The summed E-state index contributed by atoms with van der Waals surface area (Å²) in [5.41, 5.74) is 0.995. The molecule has 2 aliphatic heterocycles. The first-order valence-electron chi connectivity index (χ1n) is 11.3. The molecule has 2 saturated heterocycles. The molecule has 170 valence electrons. The molecular formula is C21H31N5O3S2. The maximum Gasteiger partial charge on any atom is 0.245 e. The molecule has 2 aromatic rings. The fourth-order valence-corrected chi connectivity index (χ4v) is 6.80. The van der Waals surface area contributed by atoms with Crippen molar-refractivity contribution in [1.82, 2.24) is 23.3 Å². The molecule has 2 aliphatic rings. The summed E-state index contributed by atoms with van der Waals surface area (Å²) in [4.78, 5) is 15.4. The highest BCUT2D eigenvalue weighted by molar-refractivity contribution is 7.89. The Balaban J connectivity index is 1.31. The van der Waals surface area contributed by atoms with E-state index >= 15 is 0 Å². The van der Waals surface area contributed by atoms with E-state index < -0.39 is 10.0 Å². The Morgan fingerprint density at radius 3 is 2.71 bits per heavy atom. The zero-order valence-corrected chi connectivity index (χ0v) is 19.5. The van der Waals surface area contributed by atoms with Gasteiger partial charge in [-0.25, -0.2) is 8.42 Å². The second kappa shape index (κ2) is 10.3. The molecule has 1 atom stereocenters. The number of likely N-dealkylation sites (tertiary alicyclic amines) is 1. The van der Waals surface area contributed by atoms with Gasteiger partial charge in [-0.15, -0.1) is 0 Å². The van der Waals surface area contributed by atoms with Gasteiger partial charge in [-0.05, 0) is 63.9 Å². The van der Waals surface area contributed by atoms with Crippen molar-refractivity contribution >= 4 is 38.7 Å². The number of nitrogens with zero attached hydrogens (tertiary/aromatic N) is 4. The predicted octanol–water partition coefficient (Wildman–Crippen LogP) is 2.47. The van der Waals surface area contributed by atoms with E-state index in [2.05, 4.69) is 19.0 Å². The third-order valence-corrected chi connectivity index (χ3v) is 8.71. The highest BCUT2D eigenvalue weighted by Crippen LogP contribution is 2.28. The fourth-order valence-electron chi connectivity index (χ4n) is 4.52. The van der Waals surface area contributed by atoms with Crippen molar-refractivity contribution in [3.05, 3.63) is 18.2 Å². The van der Waals surface area contributed by atoms with Crippen LogP contribution in [0.25, 0.3) is 11.0 Å². The molecule has 0 spiro atoms. The largest absolute Gasteiger partial charge is 0.356 e. The first-order chi connectivity index (χ1) is 15.1. The first kappa shape index (κ1) is 22.6. The zero-order chi connectivity index (χ0) is 21.7. The fraction of sp³-hybridized carbons (Fsp3) is 0.667. The summed E-state index contributed by atoms with van der Waals surface area (Å²) in [6.45, 7) is 4.61. The van der Waals surface area contributed by atoms with Gasteiger partial charge in [0.25, 0.3) is 0 Å². The number of piperidine rings is 1. The van der Waals surface area contributed by atoms with Crippen LogP contribution in [0, 0.1) is 5.92 Å². The minimum atomic E-state index is -3.72. The topological polar surface area (TPSA) is 95.5 Å². The molecule has 3 heterocycles. The van der Waals surface area contributed by atoms with Crippen molar-refractivity contribution in [1.29, 1.82) is 0 Å². The maximum atomic E-state index is 13.3. The molecule has 1 aromatic carbocycles. The summed E-state index contributed by atoms with van der Waals surface area (Å²) in [7, 11) is -3.72. The standard InChI is InChI=1S/C21H31N5O3S2/c27-21(22-11-7-14-25-12-3-1-2-4-13-25)17-8-6-15-26(16-17)31(28,29)19-10-5-9-18-20(19)24-30-23-18/h5,9-10,17H,1-4,6-8,11-16H2,(H,22,27)/t17-/m1/s1. The van der Waals surface area contributed by atoms with Crippen molar-refractivity contribution in [2.24, 2.45) is 5.92 Å². The van der Waals surface area contributed by atoms with Gasteiger partial charge in [0.2, 0.25) is 15.9 Å². The van der Waals surface area contributed by atoms with Crippen LogP contribution < -0.4 is 5.32 Å². The summed E-state index contributed by atoms with van der Waals surface area (Å²) < 4.78 is 36.3. The smallest absolute Gasteiger partial charge is 0.245 e. The van der Waals surface area contributed by atoms with E-state index in [-0.39, 0.29) is 23.3 Å². The van der Waals surface area contributed by atoms with Gasteiger partial charge in [0.15, 0.2) is 0 Å². The van der Waals surface area contributed by atoms with Crippen molar-refractivity contribution in [3.8, 4) is 0 Å². The summed E-state index contributed by atoms with van der Waals surface area (Å²) in [6.07, 6.45) is 7.50. The molecule has 0 aliphatic carbocycles. The van der Waals surface area contributed by atoms with E-state index in [4.69, 9.17) is 0 Å². The van der Waals surface area contributed by atoms with Gasteiger partial charge in [0.1, 0.15) is 15.9 Å². The van der Waals surface area contributed by atoms with Gasteiger partial charge in [-0.1, -0.05) is 18.9 Å². The lowest BCUT2D eigenvalue weighted by atomic mass is 9.99. The van der Waals surface area contributed by atoms with Gasteiger partial charge in [0.05, 0.1) is 17.6 Å². The number of sulfonamides is 1. The van der Waals surface area contributed by atoms with Crippen molar-refractivity contribution < 1.29 is 13.2 Å². The number of rotatable bonds is 7. The Morgan fingerprint density at radius 1 is 1.10 bits per heavy atom. The third-order valence-electron chi connectivity index (χ3n) is 6.27. The average molecular weight is 466 g/mol. The average Bonchev–Trinajstić information content (AvgIpc) is 3.12. The zero-order valence-electron chi connectivity index (χ0n) is 17.8. The van der Waals surface area contributed by atoms with Gasteiger partial charge in [-0.3, -0.25) is 4.79 Å². The van der Waals surface area contributed by atoms with Crippen LogP contribution in [-0.4, -0.2) is 71.5 Å². The molecule has 2 fully saturated rings. The van der Waals surface area contributed by atoms with Crippen LogP contribution in [0.15, 0.2) is 23.1 Å². The number of hydrogen-bond acceptors (Lipinski definition) is 7. The van der Waals surface area contributed by atoms with Crippen LogP contribution in [0.5, 0.6) is 0 Å². The highest BCUT2D eigenvalue weighted by atomic mass is 32.2. The molecule has 8 nitrogen and oxygen atoms in total. The SMILES string of the molecule is O=C(NCCCN1CCCCCC1)[C@@H]1CCCN(S(=O)(=O)c2cccc3nsnc23)C1. The Bertz CT molecular complexity index is 986. The lowest BCUT2D eigenvalue weighted by Crippen LogP contribution is -2.45. The number of carbonyl (C=O) groups is 1. The molecule has 4 rings (SSSR count). The first-order valence-corrected chi connectivity index (χ1v) is 13.4. The molecule has 1 aromatic heterocycles.